The van der Waals surface area contributed by atoms with E-state index in [0.717, 1.165) is 12.8 Å². The van der Waals surface area contributed by atoms with E-state index < -0.39 is 17.4 Å². The van der Waals surface area contributed by atoms with Crippen LogP contribution in [-0.2, 0) is 31.6 Å². The molecule has 0 aliphatic carbocycles. The predicted molar refractivity (Wildman–Crippen MR) is 98.7 cm³/mol. The molecule has 1 N–H and O–H groups in total. The molecule has 0 aliphatic heterocycles. The minimum Gasteiger partial charge on any atom is -0.396 e. The summed E-state index contributed by atoms with van der Waals surface area (Å²) in [6, 6.07) is 0.697. The molecular weight excluding hydrogens is 364 g/mol. The monoisotopic (exact) mass is 400 g/mol. The number of ether oxygens (including phenoxy) is 2. The molecule has 0 bridgehead atoms. The van der Waals surface area contributed by atoms with Crippen LogP contribution in [0.25, 0.3) is 0 Å². The van der Waals surface area contributed by atoms with Crippen LogP contribution in [0.4, 0.5) is 0 Å². The smallest absolute Gasteiger partial charge is 0.396 e. The van der Waals surface area contributed by atoms with Gasteiger partial charge in [-0.2, -0.15) is 0 Å². The number of aliphatic hydroxyl groups excluding tert-OH is 1. The van der Waals surface area contributed by atoms with Crippen molar-refractivity contribution >= 4 is 17.4 Å². The average molecular weight is 401 g/mol. The Kier molecular flexibility index (Phi) is 14.3. The van der Waals surface area contributed by atoms with Crippen molar-refractivity contribution in [3.05, 3.63) is 0 Å². The molecule has 0 aromatic carbocycles. The lowest BCUT2D eigenvalue weighted by Gasteiger charge is -2.25. The van der Waals surface area contributed by atoms with Crippen LogP contribution in [0, 0.1) is 0 Å². The van der Waals surface area contributed by atoms with Crippen LogP contribution >= 0.6 is 0 Å². The van der Waals surface area contributed by atoms with Crippen molar-refractivity contribution in [1.29, 1.82) is 0 Å². The van der Waals surface area contributed by atoms with E-state index in [0.29, 0.717) is 32.5 Å². The van der Waals surface area contributed by atoms with Crippen molar-refractivity contribution in [3.63, 3.8) is 0 Å². The van der Waals surface area contributed by atoms with E-state index in [1.807, 2.05) is 13.5 Å². The Balaban J connectivity index is 3.67. The van der Waals surface area contributed by atoms with Crippen molar-refractivity contribution in [2.24, 2.45) is 0 Å². The normalized spacial score (nSPS) is 14.0. The maximum Gasteiger partial charge on any atom is 0.497 e. The van der Waals surface area contributed by atoms with Gasteiger partial charge in [0.2, 0.25) is 0 Å². The first kappa shape index (κ1) is 25.1. The number of aliphatic hydroxyl groups is 1. The summed E-state index contributed by atoms with van der Waals surface area (Å²) in [7, 11) is 1.47. The zero-order valence-electron chi connectivity index (χ0n) is 16.5. The summed E-state index contributed by atoms with van der Waals surface area (Å²) in [4.78, 5) is 0. The molecule has 0 radical (unpaired) electrons. The molecule has 8 nitrogen and oxygen atoms in total. The minimum atomic E-state index is -2.44. The van der Waals surface area contributed by atoms with Gasteiger partial charge in [-0.25, -0.2) is 0 Å². The third-order valence-corrected chi connectivity index (χ3v) is 9.28. The van der Waals surface area contributed by atoms with Gasteiger partial charge in [-0.1, -0.05) is 0 Å². The molecule has 0 aromatic heterocycles. The zero-order chi connectivity index (χ0) is 19.2. The number of hydrogen-bond acceptors (Lipinski definition) is 8. The van der Waals surface area contributed by atoms with Gasteiger partial charge < -0.3 is 36.7 Å². The summed E-state index contributed by atoms with van der Waals surface area (Å²) >= 11 is 0. The van der Waals surface area contributed by atoms with Gasteiger partial charge in [0.05, 0.1) is 18.9 Å². The van der Waals surface area contributed by atoms with E-state index in [1.54, 1.807) is 28.4 Å². The van der Waals surface area contributed by atoms with Gasteiger partial charge in [0.1, 0.15) is 0 Å². The Bertz CT molecular complexity index is 306. The predicted octanol–water partition coefficient (Wildman–Crippen LogP) is 1.33. The van der Waals surface area contributed by atoms with Gasteiger partial charge in [0.15, 0.2) is 0 Å². The lowest BCUT2D eigenvalue weighted by molar-refractivity contribution is -0.0108. The van der Waals surface area contributed by atoms with Crippen LogP contribution in [-0.4, -0.2) is 89.7 Å². The van der Waals surface area contributed by atoms with Crippen molar-refractivity contribution in [3.8, 4) is 0 Å². The van der Waals surface area contributed by atoms with Gasteiger partial charge in [0.25, 0.3) is 0 Å². The van der Waals surface area contributed by atoms with Crippen LogP contribution < -0.4 is 0 Å². The molecule has 0 fully saturated rings. The zero-order valence-corrected chi connectivity index (χ0v) is 18.5. The minimum absolute atomic E-state index is 0.00814. The summed E-state index contributed by atoms with van der Waals surface area (Å²) in [5, 5.41) is 9.38. The second-order valence-corrected chi connectivity index (χ2v) is 12.1. The van der Waals surface area contributed by atoms with Gasteiger partial charge in [0, 0.05) is 54.8 Å². The Hall–Kier alpha value is 0.114. The second-order valence-electron chi connectivity index (χ2n) is 5.81. The highest BCUT2D eigenvalue weighted by Gasteiger charge is 2.34. The van der Waals surface area contributed by atoms with Gasteiger partial charge in [-0.05, 0) is 25.8 Å². The van der Waals surface area contributed by atoms with E-state index in [-0.39, 0.29) is 12.3 Å². The summed E-state index contributed by atoms with van der Waals surface area (Å²) < 4.78 is 38.1. The molecule has 1 atom stereocenters. The molecule has 0 rings (SSSR count). The lowest BCUT2D eigenvalue weighted by atomic mass is 10.4. The van der Waals surface area contributed by atoms with Crippen LogP contribution in [0.15, 0.2) is 0 Å². The van der Waals surface area contributed by atoms with Crippen LogP contribution in [0.1, 0.15) is 19.8 Å². The Morgan fingerprint density at radius 1 is 0.880 bits per heavy atom. The van der Waals surface area contributed by atoms with Gasteiger partial charge in [-0.15, -0.1) is 0 Å². The van der Waals surface area contributed by atoms with Crippen LogP contribution in [0.2, 0.25) is 12.6 Å². The summed E-state index contributed by atoms with van der Waals surface area (Å²) in [6.07, 6.45) is 1.52. The van der Waals surface area contributed by atoms with Gasteiger partial charge in [-0.3, -0.25) is 0 Å². The Morgan fingerprint density at radius 3 is 2.04 bits per heavy atom. The first-order valence-corrected chi connectivity index (χ1v) is 13.0. The van der Waals surface area contributed by atoms with Crippen LogP contribution in [0.3, 0.4) is 0 Å². The molecule has 0 saturated carbocycles. The summed E-state index contributed by atoms with van der Waals surface area (Å²) in [6.45, 7) is 6.08. The molecule has 0 saturated heterocycles. The van der Waals surface area contributed by atoms with E-state index in [9.17, 15) is 5.11 Å². The highest BCUT2D eigenvalue weighted by molar-refractivity contribution is 6.67. The molecule has 25 heavy (non-hydrogen) atoms. The average Bonchev–Trinajstić information content (AvgIpc) is 2.65. The van der Waals surface area contributed by atoms with E-state index >= 15 is 0 Å². The first-order chi connectivity index (χ1) is 11.9. The first-order valence-electron chi connectivity index (χ1n) is 8.55. The van der Waals surface area contributed by atoms with Gasteiger partial charge >= 0.3 is 17.4 Å². The summed E-state index contributed by atoms with van der Waals surface area (Å²) in [5.41, 5.74) is 0. The summed E-state index contributed by atoms with van der Waals surface area (Å²) in [5.74, 6) is 0. The highest BCUT2D eigenvalue weighted by atomic mass is 28.4. The maximum atomic E-state index is 9.38. The third-order valence-electron chi connectivity index (χ3n) is 3.98. The lowest BCUT2D eigenvalue weighted by Crippen LogP contribution is -2.44. The van der Waals surface area contributed by atoms with E-state index in [4.69, 9.17) is 31.6 Å². The molecular formula is C15H36O8Si2. The van der Waals surface area contributed by atoms with Crippen molar-refractivity contribution in [2.75, 3.05) is 61.1 Å². The van der Waals surface area contributed by atoms with Crippen molar-refractivity contribution in [1.82, 2.24) is 0 Å². The van der Waals surface area contributed by atoms with Crippen molar-refractivity contribution in [2.45, 2.75) is 38.5 Å². The standard InChI is InChI=1S/C15H36O8Si2/c1-15(22-10-8-12-25(14-16,19-4)20-5)13-21-9-7-11-23-24(6,17-2)18-3/h15-16H,7-14H2,1-6H3. The Morgan fingerprint density at radius 2 is 1.52 bits per heavy atom. The largest absolute Gasteiger partial charge is 0.497 e. The quantitative estimate of drug-likeness (QED) is 0.289. The topological polar surface area (TPSA) is 84.8 Å². The fraction of sp³-hybridized carbons (Fsp3) is 1.00. The molecule has 10 heteroatoms. The Labute approximate surface area is 154 Å². The molecule has 0 aromatic rings. The number of hydrogen-bond donors (Lipinski definition) is 1. The molecule has 0 spiro atoms. The maximum absolute atomic E-state index is 9.38. The van der Waals surface area contributed by atoms with Crippen molar-refractivity contribution < 1.29 is 36.7 Å². The van der Waals surface area contributed by atoms with E-state index in [2.05, 4.69) is 0 Å². The molecule has 1 unspecified atom stereocenters. The van der Waals surface area contributed by atoms with E-state index in [1.165, 1.54) is 0 Å². The molecule has 0 heterocycles. The molecule has 152 valence electrons. The number of rotatable bonds is 17. The molecule has 0 aliphatic rings. The fourth-order valence-electron chi connectivity index (χ4n) is 2.04. The second kappa shape index (κ2) is 14.2. The third kappa shape index (κ3) is 10.8. The SMILES string of the molecule is CO[Si](CO)(CCCOC(C)COCCCO[Si](C)(OC)OC)OC. The van der Waals surface area contributed by atoms with Crippen LogP contribution in [0.5, 0.6) is 0 Å². The molecule has 0 amide bonds. The highest BCUT2D eigenvalue weighted by Crippen LogP contribution is 2.14. The fourth-order valence-corrected chi connectivity index (χ4v) is 4.63.